The van der Waals surface area contributed by atoms with Crippen LogP contribution >= 0.6 is 23.1 Å². The van der Waals surface area contributed by atoms with Crippen LogP contribution in [0.4, 0.5) is 0 Å². The summed E-state index contributed by atoms with van der Waals surface area (Å²) < 4.78 is 65.6. The van der Waals surface area contributed by atoms with E-state index in [2.05, 4.69) is 33.2 Å². The lowest BCUT2D eigenvalue weighted by molar-refractivity contribution is -0.154. The normalized spacial score (nSPS) is 15.6. The Kier molecular flexibility index (Phi) is 47.1. The van der Waals surface area contributed by atoms with Gasteiger partial charge in [0, 0.05) is 44.5 Å². The largest absolute Gasteiger partial charge is 0.481 e. The summed E-state index contributed by atoms with van der Waals surface area (Å²) >= 11 is 2.97. The van der Waals surface area contributed by atoms with Crippen molar-refractivity contribution >= 4 is 127 Å². The van der Waals surface area contributed by atoms with Crippen molar-refractivity contribution in [3.63, 3.8) is 0 Å². The molecule has 2 saturated heterocycles. The fourth-order valence-electron chi connectivity index (χ4n) is 11.7. The number of para-hydroxylation sites is 1. The fraction of sp³-hybridized carbons (Fsp3) is 0.568. The van der Waals surface area contributed by atoms with Crippen LogP contribution in [0.3, 0.4) is 0 Å². The lowest BCUT2D eigenvalue weighted by atomic mass is 9.84. The molecule has 8 atom stereocenters. The Bertz CT molecular complexity index is 3690. The molecular weight excluding hydrogens is 1510 g/mol. The maximum Gasteiger partial charge on any atom is 0.311 e. The Hall–Kier alpha value is -9.52. The molecule has 4 heterocycles. The van der Waals surface area contributed by atoms with Gasteiger partial charge in [-0.1, -0.05) is 42.5 Å². The van der Waals surface area contributed by atoms with Crippen molar-refractivity contribution in [1.82, 2.24) is 4.57 Å². The van der Waals surface area contributed by atoms with Gasteiger partial charge in [-0.25, -0.2) is 8.42 Å². The number of rotatable bonds is 32. The molecule has 1 unspecified atom stereocenters. The van der Waals surface area contributed by atoms with Gasteiger partial charge in [-0.3, -0.25) is 67.1 Å². The number of sulfone groups is 1. The third-order valence-corrected chi connectivity index (χ3v) is 21.3. The van der Waals surface area contributed by atoms with Crippen molar-refractivity contribution < 1.29 is 154 Å². The molecule has 2 fully saturated rings. The van der Waals surface area contributed by atoms with E-state index in [0.717, 1.165) is 35.1 Å². The van der Waals surface area contributed by atoms with E-state index in [1.54, 1.807) is 35.5 Å². The highest BCUT2D eigenvalue weighted by atomic mass is 32.2. The molecule has 1 aliphatic carbocycles. The van der Waals surface area contributed by atoms with Crippen LogP contribution in [0.15, 0.2) is 71.6 Å². The maximum atomic E-state index is 11.3. The minimum Gasteiger partial charge on any atom is -0.481 e. The molecule has 614 valence electrons. The van der Waals surface area contributed by atoms with Crippen LogP contribution in [0.25, 0.3) is 10.9 Å². The third kappa shape index (κ3) is 36.8. The fourth-order valence-corrected chi connectivity index (χ4v) is 14.4. The van der Waals surface area contributed by atoms with Crippen molar-refractivity contribution in [1.29, 1.82) is 0 Å². The Labute approximate surface area is 645 Å². The Balaban J connectivity index is 0.000000646. The molecule has 36 heteroatoms. The van der Waals surface area contributed by atoms with Gasteiger partial charge in [-0.15, -0.1) is 0 Å². The Morgan fingerprint density at radius 1 is 0.509 bits per heavy atom. The zero-order chi connectivity index (χ0) is 83.4. The second-order valence-electron chi connectivity index (χ2n) is 25.3. The van der Waals surface area contributed by atoms with Crippen LogP contribution in [-0.4, -0.2) is 232 Å². The molecule has 0 spiro atoms. The number of thiophene rings is 1. The predicted octanol–water partition coefficient (Wildman–Crippen LogP) is 7.17. The van der Waals surface area contributed by atoms with Crippen LogP contribution in [0.1, 0.15) is 112 Å². The number of aryl methyl sites for hydroxylation is 1. The standard InChI is InChI=1S/C15H17NO4.C14H16O4.C10H16O6S.C10H16O5.C9H10O4S.C8H14O5.C8H14O4S/c1-16-9-11(12-5-3-4-6-13(12)16)7-10(15(18)19)8-14(17)20-2;1-18-13(15)8-12(14(16)17)11-6-9-4-2-3-5-10(9)7-11;1-16-9(11)6-8(10(12)13)7-2-4-17(14,15)5-3-7;1-14-9(11)6-8(10(12)13)7-2-4-15-5-3-7;1-13-8(10)4-7(9(11)12)6-2-3-14-5-6;1-5(12-2)6(8(10)11)4-7(9)13-3;1-12-7(9)5-6(8(10)11)3-4-13-2/h3-6,9-10H,7-8H2,1-2H3,(H,18,19);2-5,11-12H,6-8H2,1H3,(H,16,17);7-8H,2-6H2,1H3,(H,12,13);7-8H,2-6H2,1H3,(H,12,13);2-3,5,7H,4H2,1H3,(H,11,12);5-6H,4H2,1-3H3,(H,10,11);6H,3-5H2,1-2H3,(H,10,11)/t10-;12-;2*8-;;5-,6+;6-/m0011.11/s1. The predicted molar refractivity (Wildman–Crippen MR) is 396 cm³/mol. The number of benzene rings is 2. The van der Waals surface area contributed by atoms with Crippen molar-refractivity contribution in [2.45, 2.75) is 115 Å². The van der Waals surface area contributed by atoms with Gasteiger partial charge in [-0.05, 0) is 133 Å². The van der Waals surface area contributed by atoms with Crippen molar-refractivity contribution in [2.75, 3.05) is 93.6 Å². The van der Waals surface area contributed by atoms with Crippen molar-refractivity contribution in [2.24, 2.45) is 60.3 Å². The summed E-state index contributed by atoms with van der Waals surface area (Å²) in [6, 6.07) is 17.5. The molecule has 2 aliphatic heterocycles. The number of thioether (sulfide) groups is 1. The molecule has 3 aliphatic rings. The molecule has 0 amide bonds. The number of carboxylic acid groups (broad SMARTS) is 7. The van der Waals surface area contributed by atoms with Crippen molar-refractivity contribution in [3.05, 3.63) is 93.8 Å². The number of carbonyl (C=O) groups is 14. The quantitative estimate of drug-likeness (QED) is 0.0188. The SMILES string of the molecule is COC(=O)CC(C(=O)O)c1ccsc1.COC(=O)C[C@@H](C(=O)O)C1CCOCC1.COC(=O)C[C@@H](C(=O)O)C1CCS(=O)(=O)CC1.COC(=O)C[C@@H](CCSC)C(=O)O.COC(=O)C[C@H](C(=O)O)C1Cc2ccccc2C1.COC(=O)C[C@H](C(=O)O)[C@@H](C)OC.COC(=O)C[C@H](Cc1cn(C)c2ccccc12)C(=O)O. The number of hydrogen-bond donors (Lipinski definition) is 7. The van der Waals surface area contributed by atoms with Crippen LogP contribution in [0, 0.1) is 53.3 Å². The molecule has 7 N–H and O–H groups in total. The number of fused-ring (bicyclic) bond motifs is 2. The van der Waals surface area contributed by atoms with Gasteiger partial charge >= 0.3 is 83.6 Å². The van der Waals surface area contributed by atoms with E-state index < -0.39 is 141 Å². The molecule has 2 aromatic heterocycles. The topological polar surface area (TPSA) is 503 Å². The van der Waals surface area contributed by atoms with Crippen LogP contribution < -0.4 is 0 Å². The average molecular weight is 1610 g/mol. The highest BCUT2D eigenvalue weighted by Crippen LogP contribution is 2.35. The second-order valence-corrected chi connectivity index (χ2v) is 29.4. The van der Waals surface area contributed by atoms with E-state index in [1.165, 1.54) is 79.3 Å². The summed E-state index contributed by atoms with van der Waals surface area (Å²) in [7, 11) is 9.04. The number of esters is 7. The summed E-state index contributed by atoms with van der Waals surface area (Å²) in [6.07, 6.45) is 6.86. The molecule has 110 heavy (non-hydrogen) atoms. The monoisotopic (exact) mass is 1610 g/mol. The first-order chi connectivity index (χ1) is 51.9. The minimum atomic E-state index is -3.02. The van der Waals surface area contributed by atoms with Gasteiger partial charge in [0.1, 0.15) is 9.84 Å². The lowest BCUT2D eigenvalue weighted by Crippen LogP contribution is -2.33. The summed E-state index contributed by atoms with van der Waals surface area (Å²) in [6.45, 7) is 2.76. The number of carbonyl (C=O) groups excluding carboxylic acids is 7. The first kappa shape index (κ1) is 98.5. The first-order valence-electron chi connectivity index (χ1n) is 34.4. The molecule has 33 nitrogen and oxygen atoms in total. The van der Waals surface area contributed by atoms with Gasteiger partial charge in [0.05, 0.1) is 154 Å². The molecule has 0 saturated carbocycles. The van der Waals surface area contributed by atoms with Gasteiger partial charge < -0.3 is 82.9 Å². The number of hydrogen-bond acceptors (Lipinski definition) is 27. The Morgan fingerprint density at radius 2 is 0.918 bits per heavy atom. The smallest absolute Gasteiger partial charge is 0.311 e. The average Bonchev–Trinajstić information content (AvgIpc) is 1.68. The van der Waals surface area contributed by atoms with Gasteiger partial charge in [0.25, 0.3) is 0 Å². The number of aromatic nitrogens is 1. The zero-order valence-electron chi connectivity index (χ0n) is 63.4. The van der Waals surface area contributed by atoms with Crippen LogP contribution in [-0.2, 0) is 146 Å². The van der Waals surface area contributed by atoms with E-state index in [4.69, 9.17) is 35.0 Å². The van der Waals surface area contributed by atoms with Crippen molar-refractivity contribution in [3.8, 4) is 0 Å². The van der Waals surface area contributed by atoms with Gasteiger partial charge in [-0.2, -0.15) is 23.1 Å². The second kappa shape index (κ2) is 52.6. The molecular formula is C74H103NO32S3. The number of carboxylic acids is 7. The summed E-state index contributed by atoms with van der Waals surface area (Å²) in [5.74, 6) is -15.1. The van der Waals surface area contributed by atoms with E-state index in [1.807, 2.05) is 72.6 Å². The van der Waals surface area contributed by atoms with E-state index in [0.29, 0.717) is 57.3 Å². The van der Waals surface area contributed by atoms with E-state index in [9.17, 15) is 85.8 Å². The zero-order valence-corrected chi connectivity index (χ0v) is 65.9. The number of aliphatic carboxylic acids is 7. The van der Waals surface area contributed by atoms with E-state index in [-0.39, 0.29) is 74.2 Å². The highest BCUT2D eigenvalue weighted by molar-refractivity contribution is 7.98. The molecule has 0 bridgehead atoms. The third-order valence-electron chi connectivity index (χ3n) is 18.3. The summed E-state index contributed by atoms with van der Waals surface area (Å²) in [5.41, 5.74) is 5.01. The van der Waals surface area contributed by atoms with Crippen LogP contribution in [0.5, 0.6) is 0 Å². The Morgan fingerprint density at radius 3 is 1.32 bits per heavy atom. The number of nitrogens with zero attached hydrogens (tertiary/aromatic N) is 1. The number of ether oxygens (including phenoxy) is 9. The molecule has 0 radical (unpaired) electrons. The molecule has 7 rings (SSSR count). The molecule has 2 aromatic carbocycles. The maximum absolute atomic E-state index is 11.3. The minimum absolute atomic E-state index is 0.00260. The van der Waals surface area contributed by atoms with Crippen LogP contribution in [0.2, 0.25) is 0 Å². The summed E-state index contributed by atoms with van der Waals surface area (Å²) in [5, 5.41) is 67.4. The first-order valence-corrected chi connectivity index (χ1v) is 38.6. The molecule has 4 aromatic rings. The summed E-state index contributed by atoms with van der Waals surface area (Å²) in [4.78, 5) is 154. The highest BCUT2D eigenvalue weighted by Gasteiger charge is 2.38. The lowest BCUT2D eigenvalue weighted by Gasteiger charge is -2.26. The number of methoxy groups -OCH3 is 8. The van der Waals surface area contributed by atoms with Gasteiger partial charge in [0.15, 0.2) is 0 Å². The van der Waals surface area contributed by atoms with E-state index >= 15 is 0 Å². The van der Waals surface area contributed by atoms with Gasteiger partial charge in [0.2, 0.25) is 0 Å².